The van der Waals surface area contributed by atoms with Crippen LogP contribution in [0.25, 0.3) is 0 Å². The Morgan fingerprint density at radius 2 is 1.21 bits per heavy atom. The molecule has 6 heterocycles. The van der Waals surface area contributed by atoms with Gasteiger partial charge in [-0.25, -0.2) is 0 Å². The predicted octanol–water partition coefficient (Wildman–Crippen LogP) is 1.41. The van der Waals surface area contributed by atoms with E-state index in [1.54, 1.807) is 12.2 Å². The zero-order valence-corrected chi connectivity index (χ0v) is 24.9. The van der Waals surface area contributed by atoms with Gasteiger partial charge in [0.25, 0.3) is 23.6 Å². The quantitative estimate of drug-likeness (QED) is 0.469. The Hall–Kier alpha value is -3.25. The van der Waals surface area contributed by atoms with Gasteiger partial charge in [-0.2, -0.15) is 0 Å². The summed E-state index contributed by atoms with van der Waals surface area (Å²) in [6, 6.07) is 0.606. The normalized spacial score (nSPS) is 23.9. The van der Waals surface area contributed by atoms with E-state index in [9.17, 15) is 24.0 Å². The van der Waals surface area contributed by atoms with Gasteiger partial charge < -0.3 is 14.8 Å². The van der Waals surface area contributed by atoms with Crippen LogP contribution in [-0.4, -0.2) is 116 Å². The highest BCUT2D eigenvalue weighted by Gasteiger charge is 2.29. The van der Waals surface area contributed by atoms with Crippen LogP contribution in [0.2, 0.25) is 0 Å². The topological polar surface area (TPSA) is 126 Å². The molecule has 1 N–H and O–H groups in total. The number of hydrogen-bond donors (Lipinski definition) is 1. The number of hydrogen-bond acceptors (Lipinski definition) is 9. The summed E-state index contributed by atoms with van der Waals surface area (Å²) in [5.74, 6) is 0.367. The molecule has 0 unspecified atom stereocenters. The summed E-state index contributed by atoms with van der Waals surface area (Å²) in [7, 11) is 0. The largest absolute Gasteiger partial charge is 0.378 e. The lowest BCUT2D eigenvalue weighted by Crippen LogP contribution is -2.51. The van der Waals surface area contributed by atoms with Crippen molar-refractivity contribution in [2.75, 3.05) is 65.7 Å². The fourth-order valence-corrected chi connectivity index (χ4v) is 5.36. The van der Waals surface area contributed by atoms with Gasteiger partial charge in [-0.05, 0) is 101 Å². The first-order valence-corrected chi connectivity index (χ1v) is 15.4. The van der Waals surface area contributed by atoms with Gasteiger partial charge in [-0.3, -0.25) is 38.7 Å². The number of carbonyl (C=O) groups is 5. The molecule has 0 aliphatic carbocycles. The molecular formula is C32H44N4O7. The van der Waals surface area contributed by atoms with E-state index in [1.807, 2.05) is 24.3 Å². The third-order valence-electron chi connectivity index (χ3n) is 8.27. The van der Waals surface area contributed by atoms with Crippen LogP contribution in [0.15, 0.2) is 48.6 Å². The van der Waals surface area contributed by atoms with Gasteiger partial charge in [-0.1, -0.05) is 24.3 Å². The van der Waals surface area contributed by atoms with Crippen LogP contribution in [0.3, 0.4) is 0 Å². The zero-order chi connectivity index (χ0) is 30.4. The number of carbonyl (C=O) groups excluding carboxylic acids is 5. The number of likely N-dealkylation sites (tertiary alicyclic amines) is 1. The Morgan fingerprint density at radius 3 is 1.60 bits per heavy atom. The molecule has 0 aromatic heterocycles. The molecular weight excluding hydrogens is 552 g/mol. The number of Topliss-reactive ketones (excluding diaryl/α,β-unsaturated/α-hetero) is 1. The number of allylic oxidation sites excluding steroid dienone is 2. The van der Waals surface area contributed by atoms with E-state index in [0.29, 0.717) is 44.2 Å². The van der Waals surface area contributed by atoms with E-state index >= 15 is 0 Å². The second kappa shape index (κ2) is 17.1. The second-order valence-corrected chi connectivity index (χ2v) is 11.4. The fraction of sp³-hybridized carbons (Fsp3) is 0.594. The lowest BCUT2D eigenvalue weighted by Gasteiger charge is -2.41. The molecule has 0 radical (unpaired) electrons. The van der Waals surface area contributed by atoms with Crippen LogP contribution < -0.4 is 5.32 Å². The Balaban J connectivity index is 0.000000172. The molecule has 11 heteroatoms. The minimum Gasteiger partial charge on any atom is -0.378 e. The van der Waals surface area contributed by atoms with E-state index in [4.69, 9.17) is 4.74 Å². The molecule has 0 atom stereocenters. The van der Waals surface area contributed by atoms with Crippen LogP contribution in [0.4, 0.5) is 0 Å². The van der Waals surface area contributed by atoms with Crippen molar-refractivity contribution in [2.24, 2.45) is 11.8 Å². The van der Waals surface area contributed by atoms with Crippen LogP contribution in [-0.2, 0) is 33.4 Å². The molecule has 0 bridgehead atoms. The molecule has 6 rings (SSSR count). The molecule has 4 amide bonds. The first kappa shape index (κ1) is 32.7. The van der Waals surface area contributed by atoms with E-state index in [0.717, 1.165) is 77.9 Å². The van der Waals surface area contributed by atoms with Crippen LogP contribution in [0.1, 0.15) is 38.5 Å². The minimum atomic E-state index is -0.198. The third kappa shape index (κ3) is 10.5. The summed E-state index contributed by atoms with van der Waals surface area (Å²) >= 11 is 0. The molecule has 0 aromatic carbocycles. The first-order chi connectivity index (χ1) is 20.9. The summed E-state index contributed by atoms with van der Waals surface area (Å²) in [6.45, 7) is 7.59. The number of rotatable bonds is 5. The number of ether oxygens (including phenoxy) is 2. The molecule has 0 saturated carbocycles. The van der Waals surface area contributed by atoms with Gasteiger partial charge in [0.2, 0.25) is 0 Å². The van der Waals surface area contributed by atoms with E-state index in [1.165, 1.54) is 22.0 Å². The number of piperidine rings is 2. The average Bonchev–Trinajstić information content (AvgIpc) is 2.99. The maximum Gasteiger partial charge on any atom is 0.253 e. The van der Waals surface area contributed by atoms with Gasteiger partial charge >= 0.3 is 0 Å². The van der Waals surface area contributed by atoms with E-state index in [2.05, 4.69) is 15.0 Å². The molecule has 43 heavy (non-hydrogen) atoms. The fourth-order valence-electron chi connectivity index (χ4n) is 5.36. The summed E-state index contributed by atoms with van der Waals surface area (Å²) in [4.78, 5) is 61.8. The smallest absolute Gasteiger partial charge is 0.253 e. The Kier molecular flexibility index (Phi) is 13.0. The summed E-state index contributed by atoms with van der Waals surface area (Å²) in [5.41, 5.74) is 0. The van der Waals surface area contributed by atoms with Crippen LogP contribution in [0.5, 0.6) is 0 Å². The summed E-state index contributed by atoms with van der Waals surface area (Å²) in [5, 5.41) is 3.28. The molecule has 4 fully saturated rings. The van der Waals surface area contributed by atoms with Crippen LogP contribution >= 0.6 is 0 Å². The monoisotopic (exact) mass is 596 g/mol. The molecule has 6 aliphatic rings. The Labute approximate surface area is 253 Å². The maximum atomic E-state index is 12.0. The molecule has 11 nitrogen and oxygen atoms in total. The second-order valence-electron chi connectivity index (χ2n) is 11.4. The van der Waals surface area contributed by atoms with Crippen molar-refractivity contribution in [3.63, 3.8) is 0 Å². The Bertz CT molecular complexity index is 1110. The highest BCUT2D eigenvalue weighted by atomic mass is 16.5. The lowest BCUT2D eigenvalue weighted by molar-refractivity contribution is -0.141. The number of nitrogens with one attached hydrogen (secondary N) is 1. The lowest BCUT2D eigenvalue weighted by atomic mass is 9.95. The van der Waals surface area contributed by atoms with Gasteiger partial charge in [0.15, 0.2) is 5.78 Å². The van der Waals surface area contributed by atoms with Crippen molar-refractivity contribution < 1.29 is 33.4 Å². The van der Waals surface area contributed by atoms with Gasteiger partial charge in [-0.15, -0.1) is 0 Å². The Morgan fingerprint density at radius 1 is 0.721 bits per heavy atom. The van der Waals surface area contributed by atoms with E-state index < -0.39 is 0 Å². The van der Waals surface area contributed by atoms with Crippen molar-refractivity contribution >= 4 is 29.4 Å². The molecule has 4 saturated heterocycles. The molecule has 0 aromatic rings. The molecule has 0 spiro atoms. The summed E-state index contributed by atoms with van der Waals surface area (Å²) in [6.07, 6.45) is 19.5. The van der Waals surface area contributed by atoms with Crippen molar-refractivity contribution in [1.29, 1.82) is 0 Å². The van der Waals surface area contributed by atoms with Crippen molar-refractivity contribution in [1.82, 2.24) is 20.0 Å². The van der Waals surface area contributed by atoms with Gasteiger partial charge in [0.05, 0.1) is 19.3 Å². The first-order valence-electron chi connectivity index (χ1n) is 15.4. The number of imide groups is 2. The standard InChI is InChI=1S/C16H22N2O3.C13H18N2O2.C3H4O2/c19-15-3-1-2-8-18(15)16(20)5-4-13-6-9-17(10-7-13)14-11-21-12-14;16-12-3-1-2-10-15(12)13(17)5-4-11-6-8-14-9-7-11;4-3-1-5-2-3/h1,3-5,13-14H,2,6-12H2;1,3-5,11,14H,2,6-10H2;1-2H2/b2*5-4+;. The highest BCUT2D eigenvalue weighted by molar-refractivity contribution is 6.06. The highest BCUT2D eigenvalue weighted by Crippen LogP contribution is 2.23. The van der Waals surface area contributed by atoms with Crippen LogP contribution in [0, 0.1) is 11.8 Å². The van der Waals surface area contributed by atoms with Gasteiger partial charge in [0, 0.05) is 13.1 Å². The SMILES string of the molecule is O=C1C=CCCN1C(=O)/C=C/C1CCN(C2COC2)CC1.O=C1C=CCCN1C(=O)/C=C/C1CCNCC1.O=C1COC1. The maximum absolute atomic E-state index is 12.0. The number of nitrogens with zero attached hydrogens (tertiary/aromatic N) is 3. The summed E-state index contributed by atoms with van der Waals surface area (Å²) < 4.78 is 9.71. The number of amides is 4. The van der Waals surface area contributed by atoms with Gasteiger partial charge in [0.1, 0.15) is 13.2 Å². The molecule has 6 aliphatic heterocycles. The average molecular weight is 597 g/mol. The third-order valence-corrected chi connectivity index (χ3v) is 8.27. The van der Waals surface area contributed by atoms with Crippen molar-refractivity contribution in [3.8, 4) is 0 Å². The predicted molar refractivity (Wildman–Crippen MR) is 160 cm³/mol. The van der Waals surface area contributed by atoms with E-state index in [-0.39, 0.29) is 29.4 Å². The van der Waals surface area contributed by atoms with Crippen molar-refractivity contribution in [2.45, 2.75) is 44.6 Å². The zero-order valence-electron chi connectivity index (χ0n) is 24.9. The van der Waals surface area contributed by atoms with Crippen molar-refractivity contribution in [3.05, 3.63) is 48.6 Å². The minimum absolute atomic E-state index is 0.181. The number of ketones is 1. The molecule has 234 valence electrons.